The number of pyridine rings is 1. The number of piperazine rings is 1. The molecule has 1 aromatic carbocycles. The lowest BCUT2D eigenvalue weighted by molar-refractivity contribution is 0.215. The van der Waals surface area contributed by atoms with Crippen molar-refractivity contribution in [2.24, 2.45) is 0 Å². The summed E-state index contributed by atoms with van der Waals surface area (Å²) in [7, 11) is 0. The molecule has 1 aliphatic rings. The molecular formula is C19H17ClN6O. The van der Waals surface area contributed by atoms with Crippen molar-refractivity contribution >= 4 is 17.4 Å². The molecule has 0 saturated carbocycles. The molecule has 3 heterocycles. The van der Waals surface area contributed by atoms with Crippen molar-refractivity contribution in [1.29, 1.82) is 5.26 Å². The number of rotatable bonds is 4. The lowest BCUT2D eigenvalue weighted by Crippen LogP contribution is -2.46. The van der Waals surface area contributed by atoms with Gasteiger partial charge in [0.15, 0.2) is 0 Å². The van der Waals surface area contributed by atoms with Crippen LogP contribution in [0, 0.1) is 11.3 Å². The van der Waals surface area contributed by atoms with Gasteiger partial charge in [0, 0.05) is 43.0 Å². The van der Waals surface area contributed by atoms with Crippen LogP contribution in [0.1, 0.15) is 11.5 Å². The third kappa shape index (κ3) is 3.92. The molecule has 7 nitrogen and oxygen atoms in total. The molecule has 1 aliphatic heterocycles. The maximum absolute atomic E-state index is 9.25. The van der Waals surface area contributed by atoms with Crippen LogP contribution in [-0.2, 0) is 6.54 Å². The van der Waals surface area contributed by atoms with E-state index in [2.05, 4.69) is 31.0 Å². The average molecular weight is 381 g/mol. The predicted molar refractivity (Wildman–Crippen MR) is 101 cm³/mol. The summed E-state index contributed by atoms with van der Waals surface area (Å²) >= 11 is 6.02. The van der Waals surface area contributed by atoms with Gasteiger partial charge in [-0.15, -0.1) is 0 Å². The largest absolute Gasteiger partial charge is 0.353 e. The van der Waals surface area contributed by atoms with E-state index in [0.717, 1.165) is 37.6 Å². The summed E-state index contributed by atoms with van der Waals surface area (Å²) in [5, 5.41) is 13.9. The highest BCUT2D eigenvalue weighted by atomic mass is 35.5. The molecule has 27 heavy (non-hydrogen) atoms. The standard InChI is InChI=1S/C19H17ClN6O/c20-16-5-1-3-14(11-16)18-23-17(27-24-18)13-25-7-9-26(10-8-25)19-15(12-21)4-2-6-22-19/h1-6,11H,7-10,13H2. The number of nitriles is 1. The van der Waals surface area contributed by atoms with Crippen molar-refractivity contribution in [2.45, 2.75) is 6.54 Å². The predicted octanol–water partition coefficient (Wildman–Crippen LogP) is 2.98. The molecule has 0 aliphatic carbocycles. The summed E-state index contributed by atoms with van der Waals surface area (Å²) in [4.78, 5) is 13.2. The monoisotopic (exact) mass is 380 g/mol. The SMILES string of the molecule is N#Cc1cccnc1N1CCN(Cc2nc(-c3cccc(Cl)c3)no2)CC1. The molecular weight excluding hydrogens is 364 g/mol. The van der Waals surface area contributed by atoms with Gasteiger partial charge in [0.25, 0.3) is 0 Å². The van der Waals surface area contributed by atoms with Crippen LogP contribution in [-0.4, -0.2) is 46.2 Å². The lowest BCUT2D eigenvalue weighted by atomic mass is 10.2. The van der Waals surface area contributed by atoms with Crippen molar-refractivity contribution in [1.82, 2.24) is 20.0 Å². The van der Waals surface area contributed by atoms with Gasteiger partial charge >= 0.3 is 0 Å². The minimum atomic E-state index is 0.540. The third-order valence-corrected chi connectivity index (χ3v) is 4.72. The van der Waals surface area contributed by atoms with Gasteiger partial charge in [0.1, 0.15) is 11.9 Å². The van der Waals surface area contributed by atoms with Crippen molar-refractivity contribution in [3.63, 3.8) is 0 Å². The first-order chi connectivity index (χ1) is 13.2. The zero-order chi connectivity index (χ0) is 18.6. The quantitative estimate of drug-likeness (QED) is 0.688. The van der Waals surface area contributed by atoms with Gasteiger partial charge in [-0.05, 0) is 24.3 Å². The Morgan fingerprint density at radius 3 is 2.78 bits per heavy atom. The molecule has 136 valence electrons. The van der Waals surface area contributed by atoms with Gasteiger partial charge in [0.2, 0.25) is 11.7 Å². The number of aromatic nitrogens is 3. The van der Waals surface area contributed by atoms with E-state index in [1.807, 2.05) is 24.3 Å². The fourth-order valence-corrected chi connectivity index (χ4v) is 3.30. The molecule has 0 unspecified atom stereocenters. The second-order valence-electron chi connectivity index (χ2n) is 6.27. The number of hydrogen-bond acceptors (Lipinski definition) is 7. The molecule has 0 amide bonds. The molecule has 0 bridgehead atoms. The van der Waals surface area contributed by atoms with Crippen LogP contribution in [0.15, 0.2) is 47.1 Å². The second kappa shape index (κ2) is 7.74. The van der Waals surface area contributed by atoms with Gasteiger partial charge in [-0.2, -0.15) is 10.2 Å². The fraction of sp³-hybridized carbons (Fsp3) is 0.263. The van der Waals surface area contributed by atoms with Crippen LogP contribution in [0.3, 0.4) is 0 Å². The molecule has 1 saturated heterocycles. The Bertz CT molecular complexity index is 974. The van der Waals surface area contributed by atoms with Crippen LogP contribution < -0.4 is 4.90 Å². The molecule has 0 N–H and O–H groups in total. The first kappa shape index (κ1) is 17.5. The fourth-order valence-electron chi connectivity index (χ4n) is 3.11. The highest BCUT2D eigenvalue weighted by Crippen LogP contribution is 2.21. The van der Waals surface area contributed by atoms with E-state index in [1.54, 1.807) is 18.3 Å². The van der Waals surface area contributed by atoms with Crippen molar-refractivity contribution < 1.29 is 4.52 Å². The Labute approximate surface area is 161 Å². The molecule has 1 fully saturated rings. The van der Waals surface area contributed by atoms with E-state index in [4.69, 9.17) is 16.1 Å². The third-order valence-electron chi connectivity index (χ3n) is 4.49. The minimum Gasteiger partial charge on any atom is -0.353 e. The van der Waals surface area contributed by atoms with Crippen LogP contribution in [0.4, 0.5) is 5.82 Å². The highest BCUT2D eigenvalue weighted by Gasteiger charge is 2.22. The first-order valence-electron chi connectivity index (χ1n) is 8.64. The summed E-state index contributed by atoms with van der Waals surface area (Å²) < 4.78 is 5.39. The van der Waals surface area contributed by atoms with Gasteiger partial charge in [-0.3, -0.25) is 4.90 Å². The second-order valence-corrected chi connectivity index (χ2v) is 6.71. The van der Waals surface area contributed by atoms with E-state index in [-0.39, 0.29) is 0 Å². The first-order valence-corrected chi connectivity index (χ1v) is 9.01. The van der Waals surface area contributed by atoms with Gasteiger partial charge < -0.3 is 9.42 Å². The van der Waals surface area contributed by atoms with E-state index in [0.29, 0.717) is 28.8 Å². The van der Waals surface area contributed by atoms with Gasteiger partial charge in [-0.1, -0.05) is 28.9 Å². The Kier molecular flexibility index (Phi) is 5.01. The topological polar surface area (TPSA) is 82.1 Å². The number of nitrogens with zero attached hydrogens (tertiary/aromatic N) is 6. The molecule has 2 aromatic heterocycles. The summed E-state index contributed by atoms with van der Waals surface area (Å²) in [6, 6.07) is 13.2. The molecule has 3 aromatic rings. The van der Waals surface area contributed by atoms with Gasteiger partial charge in [-0.25, -0.2) is 4.98 Å². The minimum absolute atomic E-state index is 0.540. The number of halogens is 1. The zero-order valence-electron chi connectivity index (χ0n) is 14.5. The van der Waals surface area contributed by atoms with Crippen molar-refractivity contribution in [3.05, 3.63) is 59.1 Å². The van der Waals surface area contributed by atoms with Crippen LogP contribution in [0.25, 0.3) is 11.4 Å². The number of anilines is 1. The highest BCUT2D eigenvalue weighted by molar-refractivity contribution is 6.30. The zero-order valence-corrected chi connectivity index (χ0v) is 15.3. The summed E-state index contributed by atoms with van der Waals surface area (Å²) in [5.74, 6) is 1.87. The Morgan fingerprint density at radius 1 is 1.15 bits per heavy atom. The molecule has 0 radical (unpaired) electrons. The summed E-state index contributed by atoms with van der Waals surface area (Å²) in [6.07, 6.45) is 1.72. The Balaban J connectivity index is 1.38. The molecule has 0 spiro atoms. The van der Waals surface area contributed by atoms with Crippen molar-refractivity contribution in [3.8, 4) is 17.5 Å². The van der Waals surface area contributed by atoms with Crippen molar-refractivity contribution in [2.75, 3.05) is 31.1 Å². The average Bonchev–Trinajstić information content (AvgIpc) is 3.17. The normalized spacial score (nSPS) is 14.9. The van der Waals surface area contributed by atoms with Gasteiger partial charge in [0.05, 0.1) is 12.1 Å². The molecule has 4 rings (SSSR count). The maximum Gasteiger partial charge on any atom is 0.241 e. The smallest absolute Gasteiger partial charge is 0.241 e. The van der Waals surface area contributed by atoms with Crippen LogP contribution >= 0.6 is 11.6 Å². The summed E-state index contributed by atoms with van der Waals surface area (Å²) in [6.45, 7) is 3.84. The van der Waals surface area contributed by atoms with Crippen LogP contribution in [0.2, 0.25) is 5.02 Å². The van der Waals surface area contributed by atoms with E-state index < -0.39 is 0 Å². The number of hydrogen-bond donors (Lipinski definition) is 0. The maximum atomic E-state index is 9.25. The summed E-state index contributed by atoms with van der Waals surface area (Å²) in [5.41, 5.74) is 1.44. The molecule has 8 heteroatoms. The molecule has 0 atom stereocenters. The van der Waals surface area contributed by atoms with Crippen LogP contribution in [0.5, 0.6) is 0 Å². The van der Waals surface area contributed by atoms with E-state index >= 15 is 0 Å². The Hall–Kier alpha value is -2.95. The van der Waals surface area contributed by atoms with E-state index in [9.17, 15) is 5.26 Å². The van der Waals surface area contributed by atoms with E-state index in [1.165, 1.54) is 0 Å². The Morgan fingerprint density at radius 2 is 2.00 bits per heavy atom. The number of benzene rings is 1. The lowest BCUT2D eigenvalue weighted by Gasteiger charge is -2.34.